The number of nitrogens with one attached hydrogen (secondary N) is 1. The summed E-state index contributed by atoms with van der Waals surface area (Å²) in [5.74, 6) is 0.0856. The van der Waals surface area contributed by atoms with Crippen LogP contribution in [-0.4, -0.2) is 25.5 Å². The average molecular weight is 225 g/mol. The Morgan fingerprint density at radius 1 is 1.27 bits per heavy atom. The lowest BCUT2D eigenvalue weighted by molar-refractivity contribution is -0.119. The van der Waals surface area contributed by atoms with Crippen LogP contribution in [0.4, 0.5) is 5.69 Å². The van der Waals surface area contributed by atoms with Crippen molar-refractivity contribution in [1.29, 1.82) is 0 Å². The number of anilines is 1. The van der Waals surface area contributed by atoms with Gasteiger partial charge in [-0.3, -0.25) is 4.79 Å². The molecule has 80 valence electrons. The molecule has 15 heavy (non-hydrogen) atoms. The maximum atomic E-state index is 11.4. The number of carbonyl (C=O) groups is 1. The molecule has 0 radical (unpaired) electrons. The Balaban J connectivity index is 2.14. The summed E-state index contributed by atoms with van der Waals surface area (Å²) in [6.07, 6.45) is 0.981. The fourth-order valence-electron chi connectivity index (χ4n) is 1.68. The quantitative estimate of drug-likeness (QED) is 0.787. The molecule has 0 aliphatic carbocycles. The van der Waals surface area contributed by atoms with Gasteiger partial charge in [-0.05, 0) is 30.7 Å². The van der Waals surface area contributed by atoms with Gasteiger partial charge in [0.1, 0.15) is 0 Å². The van der Waals surface area contributed by atoms with E-state index in [0.29, 0.717) is 6.54 Å². The second kappa shape index (κ2) is 4.53. The molecule has 1 N–H and O–H groups in total. The Bertz CT molecular complexity index is 350. The van der Waals surface area contributed by atoms with Crippen LogP contribution < -0.4 is 10.2 Å². The van der Waals surface area contributed by atoms with Crippen LogP contribution in [0, 0.1) is 0 Å². The van der Waals surface area contributed by atoms with Crippen LogP contribution in [0.5, 0.6) is 0 Å². The van der Waals surface area contributed by atoms with Crippen LogP contribution in [0.15, 0.2) is 24.3 Å². The zero-order chi connectivity index (χ0) is 10.7. The summed E-state index contributed by atoms with van der Waals surface area (Å²) >= 11 is 5.81. The first-order chi connectivity index (χ1) is 7.25. The number of benzene rings is 1. The van der Waals surface area contributed by atoms with Crippen molar-refractivity contribution in [1.82, 2.24) is 5.32 Å². The number of amides is 1. The molecule has 0 spiro atoms. The van der Waals surface area contributed by atoms with Gasteiger partial charge in [0.2, 0.25) is 5.91 Å². The highest BCUT2D eigenvalue weighted by Crippen LogP contribution is 2.18. The molecule has 0 saturated carbocycles. The summed E-state index contributed by atoms with van der Waals surface area (Å²) in [6.45, 7) is 2.10. The minimum absolute atomic E-state index is 0.0856. The molecule has 0 atom stereocenters. The van der Waals surface area contributed by atoms with Gasteiger partial charge in [-0.15, -0.1) is 0 Å². The lowest BCUT2D eigenvalue weighted by Crippen LogP contribution is -2.32. The van der Waals surface area contributed by atoms with E-state index in [0.717, 1.165) is 30.2 Å². The smallest absolute Gasteiger partial charge is 0.239 e. The summed E-state index contributed by atoms with van der Waals surface area (Å²) in [5, 5.41) is 3.57. The number of halogens is 1. The van der Waals surface area contributed by atoms with E-state index in [-0.39, 0.29) is 5.91 Å². The van der Waals surface area contributed by atoms with E-state index in [1.165, 1.54) is 0 Å². The molecule has 3 nitrogen and oxygen atoms in total. The molecule has 0 bridgehead atoms. The number of hydrogen-bond donors (Lipinski definition) is 1. The molecule has 1 fully saturated rings. The third-order valence-corrected chi connectivity index (χ3v) is 2.71. The molecule has 0 unspecified atom stereocenters. The van der Waals surface area contributed by atoms with Gasteiger partial charge in [0.05, 0.1) is 6.54 Å². The van der Waals surface area contributed by atoms with Gasteiger partial charge in [0, 0.05) is 23.8 Å². The van der Waals surface area contributed by atoms with Crippen LogP contribution in [0.25, 0.3) is 0 Å². The molecule has 2 rings (SSSR count). The third kappa shape index (κ3) is 2.63. The number of carbonyl (C=O) groups excluding carboxylic acids is 1. The van der Waals surface area contributed by atoms with Gasteiger partial charge in [-0.2, -0.15) is 0 Å². The molecule has 1 saturated heterocycles. The van der Waals surface area contributed by atoms with Crippen molar-refractivity contribution < 1.29 is 4.79 Å². The van der Waals surface area contributed by atoms with E-state index in [9.17, 15) is 4.79 Å². The van der Waals surface area contributed by atoms with Gasteiger partial charge in [-0.25, -0.2) is 0 Å². The van der Waals surface area contributed by atoms with Crippen LogP contribution in [-0.2, 0) is 4.79 Å². The molecule has 4 heteroatoms. The van der Waals surface area contributed by atoms with Crippen molar-refractivity contribution in [2.45, 2.75) is 6.42 Å². The minimum Gasteiger partial charge on any atom is -0.362 e. The standard InChI is InChI=1S/C11H13ClN2O/c12-9-2-4-10(5-3-9)14-7-1-6-13-11(15)8-14/h2-5H,1,6-8H2,(H,13,15). The highest BCUT2D eigenvalue weighted by Gasteiger charge is 2.14. The monoisotopic (exact) mass is 224 g/mol. The van der Waals surface area contributed by atoms with Crippen LogP contribution in [0.1, 0.15) is 6.42 Å². The Kier molecular flexibility index (Phi) is 3.11. The van der Waals surface area contributed by atoms with E-state index in [1.807, 2.05) is 24.3 Å². The lowest BCUT2D eigenvalue weighted by Gasteiger charge is -2.21. The molecule has 1 amide bonds. The predicted molar refractivity (Wildman–Crippen MR) is 61.3 cm³/mol. The Hall–Kier alpha value is -1.22. The predicted octanol–water partition coefficient (Wildman–Crippen LogP) is 1.67. The summed E-state index contributed by atoms with van der Waals surface area (Å²) in [7, 11) is 0. The minimum atomic E-state index is 0.0856. The first-order valence-electron chi connectivity index (χ1n) is 5.03. The molecular formula is C11H13ClN2O. The SMILES string of the molecule is O=C1CN(c2ccc(Cl)cc2)CCCN1. The highest BCUT2D eigenvalue weighted by atomic mass is 35.5. The first kappa shape index (κ1) is 10.3. The topological polar surface area (TPSA) is 32.3 Å². The van der Waals surface area contributed by atoms with E-state index >= 15 is 0 Å². The second-order valence-electron chi connectivity index (χ2n) is 3.60. The van der Waals surface area contributed by atoms with Crippen molar-refractivity contribution >= 4 is 23.2 Å². The molecule has 1 aromatic rings. The molecule has 1 aliphatic heterocycles. The Morgan fingerprint density at radius 3 is 2.73 bits per heavy atom. The van der Waals surface area contributed by atoms with Gasteiger partial charge < -0.3 is 10.2 Å². The van der Waals surface area contributed by atoms with E-state index in [1.54, 1.807) is 0 Å². The van der Waals surface area contributed by atoms with Crippen molar-refractivity contribution in [3.63, 3.8) is 0 Å². The zero-order valence-corrected chi connectivity index (χ0v) is 9.13. The normalized spacial score (nSPS) is 17.1. The molecule has 1 heterocycles. The highest BCUT2D eigenvalue weighted by molar-refractivity contribution is 6.30. The zero-order valence-electron chi connectivity index (χ0n) is 8.37. The number of rotatable bonds is 1. The maximum absolute atomic E-state index is 11.4. The number of nitrogens with zero attached hydrogens (tertiary/aromatic N) is 1. The van der Waals surface area contributed by atoms with Gasteiger partial charge in [0.15, 0.2) is 0 Å². The van der Waals surface area contributed by atoms with Crippen molar-refractivity contribution in [2.24, 2.45) is 0 Å². The van der Waals surface area contributed by atoms with Crippen molar-refractivity contribution in [3.05, 3.63) is 29.3 Å². The van der Waals surface area contributed by atoms with Crippen LogP contribution >= 0.6 is 11.6 Å². The van der Waals surface area contributed by atoms with Gasteiger partial charge in [-0.1, -0.05) is 11.6 Å². The maximum Gasteiger partial charge on any atom is 0.239 e. The third-order valence-electron chi connectivity index (χ3n) is 2.45. The second-order valence-corrected chi connectivity index (χ2v) is 4.04. The molecule has 1 aromatic carbocycles. The lowest BCUT2D eigenvalue weighted by atomic mass is 10.2. The average Bonchev–Trinajstić information content (AvgIpc) is 2.44. The molecule has 1 aliphatic rings. The van der Waals surface area contributed by atoms with Gasteiger partial charge >= 0.3 is 0 Å². The summed E-state index contributed by atoms with van der Waals surface area (Å²) in [6, 6.07) is 7.58. The largest absolute Gasteiger partial charge is 0.362 e. The fourth-order valence-corrected chi connectivity index (χ4v) is 1.80. The van der Waals surface area contributed by atoms with Crippen LogP contribution in [0.3, 0.4) is 0 Å². The summed E-state index contributed by atoms with van der Waals surface area (Å²) in [4.78, 5) is 13.4. The van der Waals surface area contributed by atoms with Gasteiger partial charge in [0.25, 0.3) is 0 Å². The van der Waals surface area contributed by atoms with E-state index < -0.39 is 0 Å². The summed E-state index contributed by atoms with van der Waals surface area (Å²) in [5.41, 5.74) is 1.05. The van der Waals surface area contributed by atoms with Crippen molar-refractivity contribution in [2.75, 3.05) is 24.5 Å². The van der Waals surface area contributed by atoms with E-state index in [4.69, 9.17) is 11.6 Å². The fraction of sp³-hybridized carbons (Fsp3) is 0.364. The summed E-state index contributed by atoms with van der Waals surface area (Å²) < 4.78 is 0. The van der Waals surface area contributed by atoms with E-state index in [2.05, 4.69) is 10.2 Å². The molecular weight excluding hydrogens is 212 g/mol. The first-order valence-corrected chi connectivity index (χ1v) is 5.41. The van der Waals surface area contributed by atoms with Crippen LogP contribution in [0.2, 0.25) is 5.02 Å². The Labute approximate surface area is 94.0 Å². The number of hydrogen-bond acceptors (Lipinski definition) is 2. The van der Waals surface area contributed by atoms with Crippen molar-refractivity contribution in [3.8, 4) is 0 Å². The Morgan fingerprint density at radius 2 is 2.00 bits per heavy atom. The molecule has 0 aromatic heterocycles.